The van der Waals surface area contributed by atoms with E-state index in [1.54, 1.807) is 36.7 Å². The molecule has 1 aromatic carbocycles. The van der Waals surface area contributed by atoms with Crippen molar-refractivity contribution >= 4 is 29.0 Å². The lowest BCUT2D eigenvalue weighted by Crippen LogP contribution is -2.39. The second-order valence-electron chi connectivity index (χ2n) is 5.97. The summed E-state index contributed by atoms with van der Waals surface area (Å²) < 4.78 is 0. The molecule has 1 aliphatic rings. The summed E-state index contributed by atoms with van der Waals surface area (Å²) in [4.78, 5) is 23.3. The van der Waals surface area contributed by atoms with Gasteiger partial charge in [0.2, 0.25) is 0 Å². The summed E-state index contributed by atoms with van der Waals surface area (Å²) in [6.45, 7) is 3.20. The van der Waals surface area contributed by atoms with Crippen LogP contribution in [0.2, 0.25) is 5.02 Å². The highest BCUT2D eigenvalue weighted by molar-refractivity contribution is 6.30. The topological polar surface area (TPSA) is 58.1 Å². The minimum absolute atomic E-state index is 0.276. The Morgan fingerprint density at radius 2 is 2.04 bits per heavy atom. The quantitative estimate of drug-likeness (QED) is 0.905. The van der Waals surface area contributed by atoms with E-state index in [1.165, 1.54) is 19.3 Å². The molecule has 1 saturated heterocycles. The Morgan fingerprint density at radius 3 is 2.71 bits per heavy atom. The molecule has 0 spiro atoms. The minimum Gasteiger partial charge on any atom is -0.352 e. The monoisotopic (exact) mass is 344 g/mol. The van der Waals surface area contributed by atoms with Crippen LogP contribution in [0.3, 0.4) is 0 Å². The van der Waals surface area contributed by atoms with Crippen molar-refractivity contribution in [1.82, 2.24) is 9.97 Å². The molecular weight excluding hydrogens is 324 g/mol. The number of rotatable bonds is 4. The average Bonchev–Trinajstić information content (AvgIpc) is 2.63. The molecule has 1 aliphatic heterocycles. The fourth-order valence-corrected chi connectivity index (χ4v) is 3.17. The lowest BCUT2D eigenvalue weighted by atomic mass is 10.0. The van der Waals surface area contributed by atoms with Gasteiger partial charge >= 0.3 is 0 Å². The summed E-state index contributed by atoms with van der Waals surface area (Å²) in [5.41, 5.74) is 0.983. The number of halogens is 1. The second-order valence-corrected chi connectivity index (χ2v) is 6.41. The van der Waals surface area contributed by atoms with Crippen molar-refractivity contribution < 1.29 is 4.79 Å². The van der Waals surface area contributed by atoms with E-state index in [0.29, 0.717) is 22.4 Å². The molecule has 24 heavy (non-hydrogen) atoms. The summed E-state index contributed by atoms with van der Waals surface area (Å²) in [5, 5.41) is 3.42. The zero-order valence-electron chi connectivity index (χ0n) is 13.7. The third kappa shape index (κ3) is 3.85. The van der Waals surface area contributed by atoms with Crippen molar-refractivity contribution in [2.45, 2.75) is 38.6 Å². The Hall–Kier alpha value is -2.14. The van der Waals surface area contributed by atoms with Gasteiger partial charge in [0.05, 0.1) is 12.4 Å². The predicted octanol–water partition coefficient (Wildman–Crippen LogP) is 4.15. The molecule has 0 bridgehead atoms. The molecule has 126 valence electrons. The van der Waals surface area contributed by atoms with E-state index >= 15 is 0 Å². The number of nitrogens with one attached hydrogen (secondary N) is 1. The first-order valence-electron chi connectivity index (χ1n) is 8.33. The lowest BCUT2D eigenvalue weighted by molar-refractivity contribution is 0.102. The van der Waals surface area contributed by atoms with Crippen molar-refractivity contribution in [2.75, 3.05) is 16.8 Å². The van der Waals surface area contributed by atoms with Crippen LogP contribution in [-0.4, -0.2) is 28.5 Å². The van der Waals surface area contributed by atoms with Gasteiger partial charge in [-0.05, 0) is 49.9 Å². The highest BCUT2D eigenvalue weighted by atomic mass is 35.5. The van der Waals surface area contributed by atoms with Crippen LogP contribution in [0.25, 0.3) is 0 Å². The van der Waals surface area contributed by atoms with Gasteiger partial charge in [-0.25, -0.2) is 9.97 Å². The second kappa shape index (κ2) is 7.62. The van der Waals surface area contributed by atoms with Crippen LogP contribution in [0.15, 0.2) is 36.7 Å². The summed E-state index contributed by atoms with van der Waals surface area (Å²) >= 11 is 5.84. The zero-order chi connectivity index (χ0) is 16.9. The molecule has 1 atom stereocenters. The molecule has 0 saturated carbocycles. The van der Waals surface area contributed by atoms with Crippen LogP contribution in [0, 0.1) is 0 Å². The molecule has 1 amide bonds. The maximum atomic E-state index is 12.2. The van der Waals surface area contributed by atoms with Gasteiger partial charge < -0.3 is 10.2 Å². The maximum Gasteiger partial charge on any atom is 0.275 e. The number of piperidine rings is 1. The van der Waals surface area contributed by atoms with Gasteiger partial charge in [-0.3, -0.25) is 4.79 Å². The number of aromatic nitrogens is 2. The molecule has 2 aromatic rings. The molecule has 1 fully saturated rings. The number of hydrogen-bond donors (Lipinski definition) is 1. The van der Waals surface area contributed by atoms with E-state index in [-0.39, 0.29) is 5.91 Å². The average molecular weight is 345 g/mol. The number of anilines is 2. The zero-order valence-corrected chi connectivity index (χ0v) is 14.5. The van der Waals surface area contributed by atoms with Crippen molar-refractivity contribution in [2.24, 2.45) is 0 Å². The summed E-state index contributed by atoms with van der Waals surface area (Å²) in [6.07, 6.45) is 7.98. The molecule has 0 aliphatic carbocycles. The number of carbonyl (C=O) groups is 1. The van der Waals surface area contributed by atoms with Crippen molar-refractivity contribution in [1.29, 1.82) is 0 Å². The van der Waals surface area contributed by atoms with E-state index in [9.17, 15) is 4.79 Å². The lowest BCUT2D eigenvalue weighted by Gasteiger charge is -2.35. The van der Waals surface area contributed by atoms with E-state index in [0.717, 1.165) is 18.8 Å². The largest absolute Gasteiger partial charge is 0.352 e. The maximum absolute atomic E-state index is 12.2. The minimum atomic E-state index is -0.276. The van der Waals surface area contributed by atoms with Gasteiger partial charge in [0, 0.05) is 23.3 Å². The van der Waals surface area contributed by atoms with Crippen LogP contribution < -0.4 is 10.2 Å². The van der Waals surface area contributed by atoms with E-state index < -0.39 is 0 Å². The van der Waals surface area contributed by atoms with Gasteiger partial charge in [0.25, 0.3) is 5.91 Å². The fraction of sp³-hybridized carbons (Fsp3) is 0.389. The third-order valence-corrected chi connectivity index (χ3v) is 4.62. The number of amides is 1. The Labute approximate surface area is 147 Å². The molecule has 5 nitrogen and oxygen atoms in total. The normalized spacial score (nSPS) is 17.6. The first kappa shape index (κ1) is 16.7. The molecule has 1 aromatic heterocycles. The van der Waals surface area contributed by atoms with Crippen LogP contribution in [-0.2, 0) is 0 Å². The van der Waals surface area contributed by atoms with Crippen molar-refractivity contribution in [3.05, 3.63) is 47.4 Å². The van der Waals surface area contributed by atoms with E-state index in [2.05, 4.69) is 27.1 Å². The molecule has 6 heteroatoms. The van der Waals surface area contributed by atoms with Crippen molar-refractivity contribution in [3.8, 4) is 0 Å². The number of carbonyl (C=O) groups excluding carboxylic acids is 1. The fourth-order valence-electron chi connectivity index (χ4n) is 3.04. The van der Waals surface area contributed by atoms with Crippen molar-refractivity contribution in [3.63, 3.8) is 0 Å². The third-order valence-electron chi connectivity index (χ3n) is 4.37. The van der Waals surface area contributed by atoms with Gasteiger partial charge in [0.15, 0.2) is 0 Å². The van der Waals surface area contributed by atoms with Gasteiger partial charge in [-0.15, -0.1) is 0 Å². The first-order valence-corrected chi connectivity index (χ1v) is 8.71. The number of benzene rings is 1. The first-order chi connectivity index (χ1) is 11.7. The van der Waals surface area contributed by atoms with Crippen LogP contribution in [0.4, 0.5) is 11.5 Å². The number of nitrogens with zero attached hydrogens (tertiary/aromatic N) is 3. The van der Waals surface area contributed by atoms with E-state index in [4.69, 9.17) is 11.6 Å². The SMILES string of the molecule is CCC1CCCCN1c1cnc(C(=O)Nc2ccc(Cl)cc2)cn1. The van der Waals surface area contributed by atoms with Crippen LogP contribution in [0.1, 0.15) is 43.1 Å². The molecule has 1 N–H and O–H groups in total. The molecule has 3 rings (SSSR count). The smallest absolute Gasteiger partial charge is 0.275 e. The van der Waals surface area contributed by atoms with Gasteiger partial charge in [-0.1, -0.05) is 18.5 Å². The highest BCUT2D eigenvalue weighted by Gasteiger charge is 2.22. The Kier molecular flexibility index (Phi) is 5.30. The molecule has 2 heterocycles. The summed E-state index contributed by atoms with van der Waals surface area (Å²) in [5.74, 6) is 0.576. The van der Waals surface area contributed by atoms with Crippen LogP contribution in [0.5, 0.6) is 0 Å². The van der Waals surface area contributed by atoms with E-state index in [1.807, 2.05) is 0 Å². The molecular formula is C18H21ClN4O. The summed E-state index contributed by atoms with van der Waals surface area (Å²) in [6, 6.07) is 7.48. The predicted molar refractivity (Wildman–Crippen MR) is 96.7 cm³/mol. The van der Waals surface area contributed by atoms with Gasteiger partial charge in [-0.2, -0.15) is 0 Å². The Morgan fingerprint density at radius 1 is 1.25 bits per heavy atom. The highest BCUT2D eigenvalue weighted by Crippen LogP contribution is 2.24. The van der Waals surface area contributed by atoms with Crippen LogP contribution >= 0.6 is 11.6 Å². The molecule has 1 unspecified atom stereocenters. The van der Waals surface area contributed by atoms with Gasteiger partial charge in [0.1, 0.15) is 11.5 Å². The standard InChI is InChI=1S/C18H21ClN4O/c1-2-15-5-3-4-10-23(15)17-12-20-16(11-21-17)18(24)22-14-8-6-13(19)7-9-14/h6-9,11-12,15H,2-5,10H2,1H3,(H,22,24). The Bertz CT molecular complexity index is 687. The number of hydrogen-bond acceptors (Lipinski definition) is 4. The molecule has 0 radical (unpaired) electrons. The summed E-state index contributed by atoms with van der Waals surface area (Å²) in [7, 11) is 0. The Balaban J connectivity index is 1.69.